The zero-order valence-electron chi connectivity index (χ0n) is 15.0. The molecule has 0 aliphatic heterocycles. The summed E-state index contributed by atoms with van der Waals surface area (Å²) in [6.07, 6.45) is 2.97. The summed E-state index contributed by atoms with van der Waals surface area (Å²) >= 11 is 0. The maximum absolute atomic E-state index is 13.0. The van der Waals surface area contributed by atoms with E-state index in [0.717, 1.165) is 36.0 Å². The Morgan fingerprint density at radius 2 is 1.68 bits per heavy atom. The summed E-state index contributed by atoms with van der Waals surface area (Å²) in [7, 11) is -3.49. The van der Waals surface area contributed by atoms with Crippen LogP contribution in [0.3, 0.4) is 0 Å². The Morgan fingerprint density at radius 1 is 1.11 bits per heavy atom. The minimum absolute atomic E-state index is 0.0155. The van der Waals surface area contributed by atoms with Crippen LogP contribution in [0.4, 0.5) is 8.78 Å². The fraction of sp³-hybridized carbons (Fsp3) is 0.474. The van der Waals surface area contributed by atoms with Gasteiger partial charge in [-0.2, -0.15) is 8.78 Å². The molecule has 28 heavy (non-hydrogen) atoms. The second kappa shape index (κ2) is 5.62. The topological polar surface area (TPSA) is 88.8 Å². The highest BCUT2D eigenvalue weighted by atomic mass is 32.2. The third kappa shape index (κ3) is 2.13. The molecule has 2 fully saturated rings. The maximum Gasteiger partial charge on any atom is 0.341 e. The van der Waals surface area contributed by atoms with Gasteiger partial charge in [0.1, 0.15) is 5.75 Å². The van der Waals surface area contributed by atoms with Crippen LogP contribution < -0.4 is 4.74 Å². The molecule has 0 spiro atoms. The summed E-state index contributed by atoms with van der Waals surface area (Å²) in [6, 6.07) is 3.28. The monoisotopic (exact) mass is 411 g/mol. The minimum atomic E-state index is -4.84. The van der Waals surface area contributed by atoms with Gasteiger partial charge in [-0.3, -0.25) is 0 Å². The Morgan fingerprint density at radius 3 is 2.18 bits per heavy atom. The van der Waals surface area contributed by atoms with E-state index < -0.39 is 20.5 Å². The number of aromatic hydroxyl groups is 2. The number of sulfone groups is 1. The molecule has 2 saturated carbocycles. The average molecular weight is 411 g/mol. The van der Waals surface area contributed by atoms with E-state index >= 15 is 0 Å². The lowest BCUT2D eigenvalue weighted by Crippen LogP contribution is -2.22. The molecule has 0 unspecified atom stereocenters. The molecular weight excluding hydrogens is 392 g/mol. The lowest BCUT2D eigenvalue weighted by Gasteiger charge is -2.35. The molecule has 2 bridgehead atoms. The molecule has 0 radical (unpaired) electrons. The van der Waals surface area contributed by atoms with Crippen molar-refractivity contribution in [2.75, 3.05) is 7.11 Å². The van der Waals surface area contributed by atoms with Crippen LogP contribution in [0.1, 0.15) is 42.2 Å². The molecule has 4 aliphatic rings. The smallest absolute Gasteiger partial charge is 0.341 e. The van der Waals surface area contributed by atoms with Crippen molar-refractivity contribution in [1.29, 1.82) is 0 Å². The number of methoxy groups -OCH3 is 1. The van der Waals surface area contributed by atoms with Crippen LogP contribution in [0.15, 0.2) is 23.1 Å². The van der Waals surface area contributed by atoms with Crippen molar-refractivity contribution in [3.05, 3.63) is 29.3 Å². The Labute approximate surface area is 160 Å². The standard InChI is InChI=1S/C19H19F2NO5S/c1-27-14-5-2-8(28(25,26)19(20)21)6-13(14)22-17(23)15-9-3-4-10(12-7-11(9)12)16(15)18(22)24/h2,5-6,9-12,19,23-24H,3-4,7H2,1H3/t9-,10+,11+,12-. The van der Waals surface area contributed by atoms with Gasteiger partial charge in [-0.15, -0.1) is 0 Å². The van der Waals surface area contributed by atoms with Gasteiger partial charge >= 0.3 is 5.76 Å². The van der Waals surface area contributed by atoms with Crippen molar-refractivity contribution in [3.63, 3.8) is 0 Å². The van der Waals surface area contributed by atoms with Crippen LogP contribution in [0.5, 0.6) is 17.5 Å². The maximum atomic E-state index is 13.0. The molecule has 1 aromatic heterocycles. The first kappa shape index (κ1) is 17.8. The van der Waals surface area contributed by atoms with E-state index in [9.17, 15) is 27.4 Å². The number of rotatable bonds is 4. The van der Waals surface area contributed by atoms with Gasteiger partial charge in [0, 0.05) is 11.1 Å². The number of ether oxygens (including phenoxy) is 1. The number of fused-ring (bicyclic) bond motifs is 1. The van der Waals surface area contributed by atoms with Crippen molar-refractivity contribution in [3.8, 4) is 23.2 Å². The summed E-state index contributed by atoms with van der Waals surface area (Å²) < 4.78 is 56.2. The molecule has 0 amide bonds. The number of benzene rings is 1. The van der Waals surface area contributed by atoms with E-state index in [-0.39, 0.29) is 35.0 Å². The molecule has 1 aromatic carbocycles. The highest BCUT2D eigenvalue weighted by molar-refractivity contribution is 7.91. The Balaban J connectivity index is 1.73. The first-order chi connectivity index (χ1) is 13.3. The summed E-state index contributed by atoms with van der Waals surface area (Å²) in [4.78, 5) is -0.602. The molecular formula is C19H19F2NO5S. The van der Waals surface area contributed by atoms with Crippen LogP contribution in [0.2, 0.25) is 0 Å². The number of nitrogens with zero attached hydrogens (tertiary/aromatic N) is 1. The van der Waals surface area contributed by atoms with Gasteiger partial charge in [0.2, 0.25) is 21.6 Å². The summed E-state index contributed by atoms with van der Waals surface area (Å²) in [5.41, 5.74) is 1.43. The van der Waals surface area contributed by atoms with Crippen LogP contribution in [-0.4, -0.2) is 36.1 Å². The summed E-state index contributed by atoms with van der Waals surface area (Å²) in [5, 5.41) is 21.9. The normalized spacial score (nSPS) is 27.6. The number of halogens is 2. The second-order valence-electron chi connectivity index (χ2n) is 7.80. The van der Waals surface area contributed by atoms with Gasteiger partial charge in [-0.05, 0) is 61.1 Å². The van der Waals surface area contributed by atoms with Gasteiger partial charge in [0.05, 0.1) is 17.7 Å². The van der Waals surface area contributed by atoms with Crippen molar-refractivity contribution in [1.82, 2.24) is 4.57 Å². The molecule has 6 rings (SSSR count). The van der Waals surface area contributed by atoms with Gasteiger partial charge in [0.25, 0.3) is 0 Å². The van der Waals surface area contributed by atoms with E-state index in [1.54, 1.807) is 0 Å². The van der Waals surface area contributed by atoms with Crippen molar-refractivity contribution in [2.24, 2.45) is 11.8 Å². The molecule has 9 heteroatoms. The highest BCUT2D eigenvalue weighted by Crippen LogP contribution is 2.70. The van der Waals surface area contributed by atoms with E-state index in [0.29, 0.717) is 23.0 Å². The van der Waals surface area contributed by atoms with Gasteiger partial charge in [-0.1, -0.05) is 0 Å². The zero-order chi connectivity index (χ0) is 20.0. The number of hydrogen-bond acceptors (Lipinski definition) is 5. The van der Waals surface area contributed by atoms with E-state index in [1.807, 2.05) is 0 Å². The van der Waals surface area contributed by atoms with E-state index in [2.05, 4.69) is 0 Å². The molecule has 4 atom stereocenters. The third-order valence-electron chi connectivity index (χ3n) is 6.60. The quantitative estimate of drug-likeness (QED) is 0.804. The molecule has 6 nitrogen and oxygen atoms in total. The molecule has 1 heterocycles. The Bertz CT molecular complexity index is 1050. The lowest BCUT2D eigenvalue weighted by molar-refractivity contribution is 0.234. The predicted octanol–water partition coefficient (Wildman–Crippen LogP) is 3.50. The Hall–Kier alpha value is -2.29. The largest absolute Gasteiger partial charge is 0.495 e. The van der Waals surface area contributed by atoms with E-state index in [4.69, 9.17) is 4.74 Å². The van der Waals surface area contributed by atoms with Gasteiger partial charge in [-0.25, -0.2) is 13.0 Å². The fourth-order valence-electron chi connectivity index (χ4n) is 5.33. The van der Waals surface area contributed by atoms with Gasteiger partial charge in [0.15, 0.2) is 0 Å². The molecule has 2 N–H and O–H groups in total. The predicted molar refractivity (Wildman–Crippen MR) is 95.2 cm³/mol. The van der Waals surface area contributed by atoms with Crippen molar-refractivity contribution >= 4 is 9.84 Å². The molecule has 2 aromatic rings. The number of hydrogen-bond donors (Lipinski definition) is 2. The summed E-state index contributed by atoms with van der Waals surface area (Å²) in [5.74, 6) is -2.40. The van der Waals surface area contributed by atoms with Crippen LogP contribution in [-0.2, 0) is 9.84 Å². The minimum Gasteiger partial charge on any atom is -0.495 e. The van der Waals surface area contributed by atoms with Crippen LogP contribution in [0.25, 0.3) is 5.69 Å². The van der Waals surface area contributed by atoms with E-state index in [1.165, 1.54) is 13.2 Å². The lowest BCUT2D eigenvalue weighted by atomic mass is 9.68. The SMILES string of the molecule is COc1ccc(S(=O)(=O)C(F)F)cc1-n1c(O)c2c(c1O)[C@@H]1CC[C@H]2[C@H]2C[C@H]21. The number of alkyl halides is 2. The van der Waals surface area contributed by atoms with Crippen LogP contribution >= 0.6 is 0 Å². The average Bonchev–Trinajstić information content (AvgIpc) is 3.45. The fourth-order valence-corrected chi connectivity index (χ4v) is 6.07. The molecule has 150 valence electrons. The van der Waals surface area contributed by atoms with Gasteiger partial charge < -0.3 is 14.9 Å². The first-order valence-electron chi connectivity index (χ1n) is 9.14. The Kier molecular flexibility index (Phi) is 3.57. The first-order valence-corrected chi connectivity index (χ1v) is 10.7. The third-order valence-corrected chi connectivity index (χ3v) is 7.99. The number of aromatic nitrogens is 1. The van der Waals surface area contributed by atoms with Crippen LogP contribution in [0, 0.1) is 11.8 Å². The summed E-state index contributed by atoms with van der Waals surface area (Å²) in [6.45, 7) is 0. The van der Waals surface area contributed by atoms with Crippen molar-refractivity contribution < 1.29 is 32.1 Å². The molecule has 0 saturated heterocycles. The molecule has 4 aliphatic carbocycles. The highest BCUT2D eigenvalue weighted by Gasteiger charge is 2.59. The second-order valence-corrected chi connectivity index (χ2v) is 9.72. The zero-order valence-corrected chi connectivity index (χ0v) is 15.8. The van der Waals surface area contributed by atoms with Crippen molar-refractivity contribution in [2.45, 2.75) is 41.8 Å².